The van der Waals surface area contributed by atoms with E-state index < -0.39 is 18.0 Å². The summed E-state index contributed by atoms with van der Waals surface area (Å²) in [5.74, 6) is -0.807. The molecule has 1 amide bonds. The van der Waals surface area contributed by atoms with E-state index in [1.165, 1.54) is 37.5 Å². The molecule has 2 aromatic rings. The van der Waals surface area contributed by atoms with Gasteiger partial charge in [-0.3, -0.25) is 4.79 Å². The molecule has 0 spiro atoms. The molecule has 0 aliphatic heterocycles. The smallest absolute Gasteiger partial charge is 0.331 e. The van der Waals surface area contributed by atoms with Crippen LogP contribution in [-0.2, 0) is 20.7 Å². The van der Waals surface area contributed by atoms with E-state index in [2.05, 4.69) is 5.32 Å². The fourth-order valence-electron chi connectivity index (χ4n) is 1.93. The van der Waals surface area contributed by atoms with Crippen LogP contribution in [0.1, 0.15) is 18.2 Å². The van der Waals surface area contributed by atoms with Gasteiger partial charge in [-0.25, -0.2) is 9.18 Å². The monoisotopic (exact) mass is 331 g/mol. The molecule has 5 nitrogen and oxygen atoms in total. The Bertz CT molecular complexity index is 692. The normalized spacial score (nSPS) is 12.1. The Morgan fingerprint density at radius 1 is 1.29 bits per heavy atom. The molecular formula is C18H18FNO4. The summed E-state index contributed by atoms with van der Waals surface area (Å²) in [5.41, 5.74) is 0.905. The van der Waals surface area contributed by atoms with Crippen molar-refractivity contribution in [1.29, 1.82) is 0 Å². The molecule has 1 N–H and O–H groups in total. The number of halogens is 1. The van der Waals surface area contributed by atoms with Gasteiger partial charge in [-0.05, 0) is 49.2 Å². The van der Waals surface area contributed by atoms with Gasteiger partial charge in [-0.2, -0.15) is 0 Å². The molecule has 0 unspecified atom stereocenters. The second kappa shape index (κ2) is 8.67. The van der Waals surface area contributed by atoms with Gasteiger partial charge in [-0.1, -0.05) is 12.1 Å². The Balaban J connectivity index is 1.71. The maximum Gasteiger partial charge on any atom is 0.331 e. The minimum atomic E-state index is -0.910. The fourth-order valence-corrected chi connectivity index (χ4v) is 1.93. The highest BCUT2D eigenvalue weighted by Crippen LogP contribution is 2.04. The van der Waals surface area contributed by atoms with Gasteiger partial charge in [0.2, 0.25) is 0 Å². The van der Waals surface area contributed by atoms with Crippen LogP contribution in [0.5, 0.6) is 0 Å². The van der Waals surface area contributed by atoms with Gasteiger partial charge in [0.15, 0.2) is 6.10 Å². The van der Waals surface area contributed by atoms with Gasteiger partial charge in [0, 0.05) is 12.6 Å². The van der Waals surface area contributed by atoms with Crippen molar-refractivity contribution in [1.82, 2.24) is 5.32 Å². The lowest BCUT2D eigenvalue weighted by atomic mass is 10.1. The molecule has 1 atom stereocenters. The van der Waals surface area contributed by atoms with Crippen LogP contribution < -0.4 is 5.32 Å². The molecule has 0 aliphatic carbocycles. The maximum absolute atomic E-state index is 12.8. The first-order valence-electron chi connectivity index (χ1n) is 7.49. The molecule has 0 saturated carbocycles. The van der Waals surface area contributed by atoms with E-state index in [0.717, 1.165) is 5.56 Å². The Morgan fingerprint density at radius 2 is 2.04 bits per heavy atom. The van der Waals surface area contributed by atoms with Gasteiger partial charge in [0.25, 0.3) is 5.91 Å². The lowest BCUT2D eigenvalue weighted by Gasteiger charge is -2.12. The van der Waals surface area contributed by atoms with Gasteiger partial charge >= 0.3 is 5.97 Å². The molecule has 6 heteroatoms. The number of hydrogen-bond acceptors (Lipinski definition) is 4. The van der Waals surface area contributed by atoms with E-state index in [1.807, 2.05) is 0 Å². The van der Waals surface area contributed by atoms with Crippen LogP contribution in [-0.4, -0.2) is 24.5 Å². The summed E-state index contributed by atoms with van der Waals surface area (Å²) >= 11 is 0. The van der Waals surface area contributed by atoms with Crippen molar-refractivity contribution in [2.75, 3.05) is 6.54 Å². The Kier molecular flexibility index (Phi) is 6.31. The second-order valence-electron chi connectivity index (χ2n) is 5.10. The molecule has 126 valence electrons. The van der Waals surface area contributed by atoms with Crippen molar-refractivity contribution in [2.24, 2.45) is 0 Å². The van der Waals surface area contributed by atoms with E-state index in [9.17, 15) is 14.0 Å². The summed E-state index contributed by atoms with van der Waals surface area (Å²) in [4.78, 5) is 23.5. The third-order valence-electron chi connectivity index (χ3n) is 3.22. The van der Waals surface area contributed by atoms with Crippen molar-refractivity contribution in [3.63, 3.8) is 0 Å². The highest BCUT2D eigenvalue weighted by molar-refractivity contribution is 5.90. The minimum absolute atomic E-state index is 0.300. The summed E-state index contributed by atoms with van der Waals surface area (Å²) in [7, 11) is 0. The van der Waals surface area contributed by atoms with Crippen molar-refractivity contribution in [3.8, 4) is 0 Å². The summed E-state index contributed by atoms with van der Waals surface area (Å²) in [6.45, 7) is 1.86. The molecule has 1 aromatic carbocycles. The largest absolute Gasteiger partial charge is 0.465 e. The maximum atomic E-state index is 12.8. The van der Waals surface area contributed by atoms with Crippen molar-refractivity contribution in [3.05, 3.63) is 65.9 Å². The van der Waals surface area contributed by atoms with E-state index in [1.54, 1.807) is 24.3 Å². The number of furan rings is 1. The first-order valence-corrected chi connectivity index (χ1v) is 7.49. The summed E-state index contributed by atoms with van der Waals surface area (Å²) < 4.78 is 22.8. The summed E-state index contributed by atoms with van der Waals surface area (Å²) in [5, 5.41) is 2.67. The molecule has 0 fully saturated rings. The number of amides is 1. The number of esters is 1. The van der Waals surface area contributed by atoms with Gasteiger partial charge in [0.1, 0.15) is 11.6 Å². The summed E-state index contributed by atoms with van der Waals surface area (Å²) in [6.07, 6.45) is 3.79. The predicted molar refractivity (Wildman–Crippen MR) is 86.4 cm³/mol. The molecule has 0 bridgehead atoms. The third kappa shape index (κ3) is 5.72. The predicted octanol–water partition coefficient (Wildman–Crippen LogP) is 2.72. The van der Waals surface area contributed by atoms with E-state index in [0.29, 0.717) is 18.7 Å². The molecule has 1 aromatic heterocycles. The first-order chi connectivity index (χ1) is 11.5. The van der Waals surface area contributed by atoms with E-state index in [-0.39, 0.29) is 5.82 Å². The van der Waals surface area contributed by atoms with E-state index >= 15 is 0 Å². The summed E-state index contributed by atoms with van der Waals surface area (Å²) in [6, 6.07) is 9.44. The first kappa shape index (κ1) is 17.5. The zero-order valence-electron chi connectivity index (χ0n) is 13.2. The zero-order valence-corrected chi connectivity index (χ0v) is 13.2. The third-order valence-corrected chi connectivity index (χ3v) is 3.22. The average molecular weight is 331 g/mol. The molecule has 24 heavy (non-hydrogen) atoms. The van der Waals surface area contributed by atoms with Crippen LogP contribution in [0.25, 0.3) is 6.08 Å². The molecule has 0 aliphatic rings. The van der Waals surface area contributed by atoms with Crippen molar-refractivity contribution >= 4 is 18.0 Å². The number of hydrogen-bond donors (Lipinski definition) is 1. The van der Waals surface area contributed by atoms with Crippen molar-refractivity contribution < 1.29 is 23.1 Å². The topological polar surface area (TPSA) is 68.5 Å². The zero-order chi connectivity index (χ0) is 17.4. The number of benzene rings is 1. The second-order valence-corrected chi connectivity index (χ2v) is 5.10. The molecule has 0 radical (unpaired) electrons. The Labute approximate surface area is 139 Å². The number of carbonyl (C=O) groups excluding carboxylic acids is 2. The number of rotatable bonds is 7. The molecule has 0 saturated heterocycles. The Hall–Kier alpha value is -2.89. The number of carbonyl (C=O) groups is 2. The lowest BCUT2D eigenvalue weighted by Crippen LogP contribution is -2.36. The Morgan fingerprint density at radius 3 is 2.71 bits per heavy atom. The van der Waals surface area contributed by atoms with Crippen LogP contribution in [0.3, 0.4) is 0 Å². The van der Waals surface area contributed by atoms with Gasteiger partial charge < -0.3 is 14.5 Å². The minimum Gasteiger partial charge on any atom is -0.465 e. The highest BCUT2D eigenvalue weighted by Gasteiger charge is 2.15. The van der Waals surface area contributed by atoms with Gasteiger partial charge in [-0.15, -0.1) is 0 Å². The van der Waals surface area contributed by atoms with Crippen LogP contribution in [0.15, 0.2) is 53.2 Å². The average Bonchev–Trinajstić information content (AvgIpc) is 3.08. The molecule has 1 heterocycles. The SMILES string of the molecule is C[C@H](OC(=O)/C=C/c1ccco1)C(=O)NCCc1ccc(F)cc1. The number of nitrogens with one attached hydrogen (secondary N) is 1. The quantitative estimate of drug-likeness (QED) is 0.626. The molecule has 2 rings (SSSR count). The van der Waals surface area contributed by atoms with E-state index in [4.69, 9.17) is 9.15 Å². The lowest BCUT2D eigenvalue weighted by molar-refractivity contribution is -0.150. The number of ether oxygens (including phenoxy) is 1. The van der Waals surface area contributed by atoms with Crippen LogP contribution in [0.4, 0.5) is 4.39 Å². The standard InChI is InChI=1S/C18H18FNO4/c1-13(24-17(21)9-8-16-3-2-12-23-16)18(22)20-11-10-14-4-6-15(19)7-5-14/h2-9,12-13H,10-11H2,1H3,(H,20,22)/b9-8+/t13-/m0/s1. The fraction of sp³-hybridized carbons (Fsp3) is 0.222. The van der Waals surface area contributed by atoms with Crippen LogP contribution >= 0.6 is 0 Å². The van der Waals surface area contributed by atoms with Gasteiger partial charge in [0.05, 0.1) is 6.26 Å². The van der Waals surface area contributed by atoms with Crippen LogP contribution in [0, 0.1) is 5.82 Å². The molecular weight excluding hydrogens is 313 g/mol. The highest BCUT2D eigenvalue weighted by atomic mass is 19.1. The van der Waals surface area contributed by atoms with Crippen LogP contribution in [0.2, 0.25) is 0 Å². The van der Waals surface area contributed by atoms with Crippen molar-refractivity contribution in [2.45, 2.75) is 19.4 Å².